The number of phenolic OH excluding ortho intramolecular Hbond substituents is 1. The van der Waals surface area contributed by atoms with Crippen LogP contribution in [0, 0.1) is 0 Å². The minimum absolute atomic E-state index is 0.0219. The summed E-state index contributed by atoms with van der Waals surface area (Å²) in [6.45, 7) is 7.03. The van der Waals surface area contributed by atoms with Crippen LogP contribution in [0.2, 0.25) is 0 Å². The number of carbonyl (C=O) groups excluding carboxylic acids is 1. The van der Waals surface area contributed by atoms with E-state index in [1.165, 1.54) is 18.2 Å². The van der Waals surface area contributed by atoms with E-state index in [1.807, 2.05) is 13.8 Å². The van der Waals surface area contributed by atoms with Crippen molar-refractivity contribution in [2.45, 2.75) is 31.1 Å². The summed E-state index contributed by atoms with van der Waals surface area (Å²) in [7, 11) is -3.47. The van der Waals surface area contributed by atoms with E-state index in [-0.39, 0.29) is 35.3 Å². The van der Waals surface area contributed by atoms with Gasteiger partial charge in [0.25, 0.3) is 0 Å². The topological polar surface area (TPSA) is 80.7 Å². The fourth-order valence-corrected chi connectivity index (χ4v) is 3.10. The number of esters is 1. The van der Waals surface area contributed by atoms with E-state index >= 15 is 0 Å². The molecule has 0 spiro atoms. The smallest absolute Gasteiger partial charge is 0.330 e. The highest BCUT2D eigenvalue weighted by Gasteiger charge is 2.17. The molecule has 0 aromatic heterocycles. The van der Waals surface area contributed by atoms with Gasteiger partial charge >= 0.3 is 5.97 Å². The molecular formula is C15H20O5S. The van der Waals surface area contributed by atoms with Crippen LogP contribution in [0.25, 0.3) is 0 Å². The summed E-state index contributed by atoms with van der Waals surface area (Å²) < 4.78 is 29.1. The van der Waals surface area contributed by atoms with Crippen molar-refractivity contribution in [1.82, 2.24) is 0 Å². The monoisotopic (exact) mass is 312 g/mol. The van der Waals surface area contributed by atoms with E-state index in [2.05, 4.69) is 6.58 Å². The highest BCUT2D eigenvalue weighted by atomic mass is 32.2. The largest absolute Gasteiger partial charge is 0.508 e. The van der Waals surface area contributed by atoms with Crippen molar-refractivity contribution in [3.8, 4) is 5.75 Å². The summed E-state index contributed by atoms with van der Waals surface area (Å²) in [5.41, 5.74) is 0.592. The second kappa shape index (κ2) is 7.26. The maximum absolute atomic E-state index is 12.2. The zero-order chi connectivity index (χ0) is 16.0. The van der Waals surface area contributed by atoms with Crippen LogP contribution in [-0.2, 0) is 19.4 Å². The quantitative estimate of drug-likeness (QED) is 0.475. The van der Waals surface area contributed by atoms with Gasteiger partial charge < -0.3 is 9.84 Å². The zero-order valence-corrected chi connectivity index (χ0v) is 13.0. The Hall–Kier alpha value is -1.82. The van der Waals surface area contributed by atoms with Crippen molar-refractivity contribution >= 4 is 15.8 Å². The Morgan fingerprint density at radius 2 is 2.10 bits per heavy atom. The van der Waals surface area contributed by atoms with Crippen molar-refractivity contribution in [2.75, 3.05) is 12.4 Å². The summed E-state index contributed by atoms with van der Waals surface area (Å²) in [5, 5.41) is 9.71. The van der Waals surface area contributed by atoms with Gasteiger partial charge in [-0.1, -0.05) is 20.4 Å². The lowest BCUT2D eigenvalue weighted by atomic mass is 10.0. The number of benzene rings is 1. The molecule has 1 aromatic carbocycles. The van der Waals surface area contributed by atoms with Crippen LogP contribution in [0.1, 0.15) is 31.7 Å². The molecule has 0 radical (unpaired) electrons. The Morgan fingerprint density at radius 3 is 2.67 bits per heavy atom. The number of ether oxygens (including phenoxy) is 1. The summed E-state index contributed by atoms with van der Waals surface area (Å²) >= 11 is 0. The van der Waals surface area contributed by atoms with Gasteiger partial charge in [0.1, 0.15) is 5.75 Å². The van der Waals surface area contributed by atoms with Gasteiger partial charge in [0.15, 0.2) is 9.84 Å². The van der Waals surface area contributed by atoms with Crippen molar-refractivity contribution in [2.24, 2.45) is 0 Å². The molecule has 0 saturated carbocycles. The van der Waals surface area contributed by atoms with Crippen LogP contribution in [0.5, 0.6) is 5.75 Å². The van der Waals surface area contributed by atoms with E-state index < -0.39 is 15.8 Å². The van der Waals surface area contributed by atoms with Crippen LogP contribution in [0.15, 0.2) is 35.7 Å². The van der Waals surface area contributed by atoms with Crippen LogP contribution in [-0.4, -0.2) is 31.9 Å². The zero-order valence-electron chi connectivity index (χ0n) is 12.2. The molecule has 0 saturated heterocycles. The molecule has 0 bridgehead atoms. The molecule has 0 amide bonds. The van der Waals surface area contributed by atoms with Crippen LogP contribution < -0.4 is 0 Å². The normalized spacial score (nSPS) is 11.4. The molecule has 21 heavy (non-hydrogen) atoms. The third kappa shape index (κ3) is 4.90. The number of hydrogen-bond donors (Lipinski definition) is 1. The molecule has 1 rings (SSSR count). The van der Waals surface area contributed by atoms with E-state index in [4.69, 9.17) is 4.74 Å². The van der Waals surface area contributed by atoms with Crippen molar-refractivity contribution < 1.29 is 23.1 Å². The molecule has 1 aromatic rings. The van der Waals surface area contributed by atoms with Gasteiger partial charge in [-0.05, 0) is 36.1 Å². The first-order valence-electron chi connectivity index (χ1n) is 6.62. The van der Waals surface area contributed by atoms with Gasteiger partial charge in [-0.3, -0.25) is 0 Å². The van der Waals surface area contributed by atoms with Gasteiger partial charge in [-0.15, -0.1) is 0 Å². The standard InChI is InChI=1S/C15H20O5S/c1-4-15(17)20-8-5-9-21(18,19)12-6-7-14(16)13(10-12)11(2)3/h4,6-7,10-11,16H,1,5,8-9H2,2-3H3. The Labute approximate surface area is 125 Å². The predicted octanol–water partition coefficient (Wildman–Crippen LogP) is 2.41. The summed E-state index contributed by atoms with van der Waals surface area (Å²) in [6.07, 6.45) is 1.24. The molecule has 0 fully saturated rings. The van der Waals surface area contributed by atoms with E-state index in [0.29, 0.717) is 5.56 Å². The number of hydrogen-bond acceptors (Lipinski definition) is 5. The van der Waals surface area contributed by atoms with E-state index in [1.54, 1.807) is 0 Å². The second-order valence-corrected chi connectivity index (χ2v) is 7.03. The average molecular weight is 312 g/mol. The van der Waals surface area contributed by atoms with Gasteiger partial charge in [0.05, 0.1) is 17.3 Å². The average Bonchev–Trinajstić information content (AvgIpc) is 2.43. The number of phenols is 1. The van der Waals surface area contributed by atoms with Gasteiger partial charge in [-0.25, -0.2) is 13.2 Å². The number of aromatic hydroxyl groups is 1. The molecule has 0 atom stereocenters. The lowest BCUT2D eigenvalue weighted by Crippen LogP contribution is -2.11. The fourth-order valence-electron chi connectivity index (χ4n) is 1.79. The van der Waals surface area contributed by atoms with Crippen LogP contribution >= 0.6 is 0 Å². The molecule has 0 aliphatic heterocycles. The van der Waals surface area contributed by atoms with Gasteiger partial charge in [0, 0.05) is 6.08 Å². The number of sulfone groups is 1. The van der Waals surface area contributed by atoms with Crippen LogP contribution in [0.4, 0.5) is 0 Å². The maximum atomic E-state index is 12.2. The number of carbonyl (C=O) groups is 1. The molecular weight excluding hydrogens is 292 g/mol. The molecule has 0 unspecified atom stereocenters. The Bertz CT molecular complexity index is 617. The molecule has 5 nitrogen and oxygen atoms in total. The van der Waals surface area contributed by atoms with Crippen molar-refractivity contribution in [3.63, 3.8) is 0 Å². The maximum Gasteiger partial charge on any atom is 0.330 e. The van der Waals surface area contributed by atoms with E-state index in [0.717, 1.165) is 6.08 Å². The highest BCUT2D eigenvalue weighted by Crippen LogP contribution is 2.28. The fraction of sp³-hybridized carbons (Fsp3) is 0.400. The first kappa shape index (κ1) is 17.2. The first-order valence-corrected chi connectivity index (χ1v) is 8.28. The highest BCUT2D eigenvalue weighted by molar-refractivity contribution is 7.91. The molecule has 0 aliphatic carbocycles. The third-order valence-corrected chi connectivity index (χ3v) is 4.75. The summed E-state index contributed by atoms with van der Waals surface area (Å²) in [6, 6.07) is 4.26. The van der Waals surface area contributed by atoms with Gasteiger partial charge in [0.2, 0.25) is 0 Å². The van der Waals surface area contributed by atoms with E-state index in [9.17, 15) is 18.3 Å². The summed E-state index contributed by atoms with van der Waals surface area (Å²) in [5.74, 6) is -0.587. The minimum Gasteiger partial charge on any atom is -0.508 e. The van der Waals surface area contributed by atoms with Crippen LogP contribution in [0.3, 0.4) is 0 Å². The summed E-state index contributed by atoms with van der Waals surface area (Å²) in [4.78, 5) is 11.0. The Morgan fingerprint density at radius 1 is 1.43 bits per heavy atom. The molecule has 6 heteroatoms. The first-order chi connectivity index (χ1) is 9.77. The lowest BCUT2D eigenvalue weighted by Gasteiger charge is -2.11. The Kier molecular flexibility index (Phi) is 5.96. The SMILES string of the molecule is C=CC(=O)OCCCS(=O)(=O)c1ccc(O)c(C(C)C)c1. The van der Waals surface area contributed by atoms with Gasteiger partial charge in [-0.2, -0.15) is 0 Å². The second-order valence-electron chi connectivity index (χ2n) is 4.92. The molecule has 1 N–H and O–H groups in total. The van der Waals surface area contributed by atoms with Crippen molar-refractivity contribution in [3.05, 3.63) is 36.4 Å². The van der Waals surface area contributed by atoms with Crippen molar-refractivity contribution in [1.29, 1.82) is 0 Å². The predicted molar refractivity (Wildman–Crippen MR) is 80.0 cm³/mol. The minimum atomic E-state index is -3.47. The Balaban J connectivity index is 2.77. The molecule has 0 heterocycles. The molecule has 0 aliphatic rings. The number of rotatable bonds is 7. The molecule has 116 valence electrons. The lowest BCUT2D eigenvalue weighted by molar-refractivity contribution is -0.137. The third-order valence-electron chi connectivity index (χ3n) is 2.95.